The summed E-state index contributed by atoms with van der Waals surface area (Å²) in [6.07, 6.45) is 1.42. The van der Waals surface area contributed by atoms with Gasteiger partial charge in [-0.1, -0.05) is 6.92 Å². The van der Waals surface area contributed by atoms with E-state index >= 15 is 0 Å². The molecule has 1 rings (SSSR count). The van der Waals surface area contributed by atoms with Crippen molar-refractivity contribution >= 4 is 11.9 Å². The zero-order valence-corrected chi connectivity index (χ0v) is 12.2. The fourth-order valence-corrected chi connectivity index (χ4v) is 1.53. The number of hydrogen-bond acceptors (Lipinski definition) is 8. The van der Waals surface area contributed by atoms with Crippen LogP contribution >= 0.6 is 0 Å². The summed E-state index contributed by atoms with van der Waals surface area (Å²) in [4.78, 5) is 12.5. The number of aromatic nitrogens is 3. The minimum Gasteiger partial charge on any atom is -0.463 e. The van der Waals surface area contributed by atoms with Gasteiger partial charge in [0.25, 0.3) is 0 Å². The van der Waals surface area contributed by atoms with Gasteiger partial charge in [0.2, 0.25) is 11.9 Å². The Bertz CT molecular complexity index is 385. The maximum atomic E-state index is 9.03. The Balaban J connectivity index is 2.80. The molecule has 0 aliphatic carbocycles. The first kappa shape index (κ1) is 16.4. The van der Waals surface area contributed by atoms with Crippen LogP contribution in [0.25, 0.3) is 0 Å². The molecule has 1 aromatic rings. The van der Waals surface area contributed by atoms with Gasteiger partial charge in [-0.2, -0.15) is 15.0 Å². The van der Waals surface area contributed by atoms with Gasteiger partial charge in [0.05, 0.1) is 19.3 Å². The Morgan fingerprint density at radius 3 is 2.60 bits per heavy atom. The third-order valence-electron chi connectivity index (χ3n) is 2.45. The molecule has 1 unspecified atom stereocenters. The normalized spacial score (nSPS) is 12.0. The van der Waals surface area contributed by atoms with Crippen LogP contribution in [-0.4, -0.2) is 60.1 Å². The van der Waals surface area contributed by atoms with Crippen molar-refractivity contribution in [1.29, 1.82) is 0 Å². The van der Waals surface area contributed by atoms with E-state index in [2.05, 4.69) is 25.6 Å². The van der Waals surface area contributed by atoms with Crippen LogP contribution in [0.1, 0.15) is 19.8 Å². The number of aliphatic hydroxyl groups is 1. The number of hydrogen-bond donors (Lipinski definition) is 3. The largest absolute Gasteiger partial charge is 0.463 e. The Morgan fingerprint density at radius 1 is 1.25 bits per heavy atom. The van der Waals surface area contributed by atoms with Gasteiger partial charge in [-0.3, -0.25) is 0 Å². The first-order valence-electron chi connectivity index (χ1n) is 6.66. The van der Waals surface area contributed by atoms with Gasteiger partial charge in [0.15, 0.2) is 0 Å². The molecular formula is C12H23N5O3. The highest BCUT2D eigenvalue weighted by molar-refractivity contribution is 5.36. The molecule has 8 heteroatoms. The predicted octanol–water partition coefficient (Wildman–Crippen LogP) is 0.511. The number of nitrogens with zero attached hydrogens (tertiary/aromatic N) is 3. The van der Waals surface area contributed by atoms with Crippen molar-refractivity contribution in [2.24, 2.45) is 0 Å². The van der Waals surface area contributed by atoms with Gasteiger partial charge < -0.3 is 25.2 Å². The fourth-order valence-electron chi connectivity index (χ4n) is 1.53. The molecule has 0 amide bonds. The summed E-state index contributed by atoms with van der Waals surface area (Å²) >= 11 is 0. The molecule has 20 heavy (non-hydrogen) atoms. The molecule has 0 radical (unpaired) electrons. The average Bonchev–Trinajstić information content (AvgIpc) is 2.45. The second-order valence-corrected chi connectivity index (χ2v) is 4.17. The van der Waals surface area contributed by atoms with Crippen molar-refractivity contribution in [2.45, 2.75) is 25.8 Å². The monoisotopic (exact) mass is 285 g/mol. The van der Waals surface area contributed by atoms with Crippen LogP contribution in [0.5, 0.6) is 6.01 Å². The molecular weight excluding hydrogens is 262 g/mol. The lowest BCUT2D eigenvalue weighted by Crippen LogP contribution is -2.27. The van der Waals surface area contributed by atoms with Crippen LogP contribution in [0.4, 0.5) is 11.9 Å². The lowest BCUT2D eigenvalue weighted by Gasteiger charge is -2.17. The van der Waals surface area contributed by atoms with E-state index in [-0.39, 0.29) is 18.7 Å². The number of nitrogens with one attached hydrogen (secondary N) is 2. The van der Waals surface area contributed by atoms with E-state index in [9.17, 15) is 0 Å². The maximum Gasteiger partial charge on any atom is 0.323 e. The van der Waals surface area contributed by atoms with E-state index < -0.39 is 0 Å². The molecule has 1 aromatic heterocycles. The summed E-state index contributed by atoms with van der Waals surface area (Å²) in [5, 5.41) is 15.0. The highest BCUT2D eigenvalue weighted by Crippen LogP contribution is 2.12. The van der Waals surface area contributed by atoms with Crippen LogP contribution in [0.2, 0.25) is 0 Å². The van der Waals surface area contributed by atoms with E-state index in [1.165, 1.54) is 0 Å². The summed E-state index contributed by atoms with van der Waals surface area (Å²) in [6, 6.07) is 0.199. The summed E-state index contributed by atoms with van der Waals surface area (Å²) < 4.78 is 10.5. The molecule has 0 fully saturated rings. The van der Waals surface area contributed by atoms with Gasteiger partial charge in [0, 0.05) is 20.8 Å². The minimum atomic E-state index is -0.0730. The van der Waals surface area contributed by atoms with E-state index in [0.29, 0.717) is 31.5 Å². The Morgan fingerprint density at radius 2 is 2.00 bits per heavy atom. The van der Waals surface area contributed by atoms with E-state index in [4.69, 9.17) is 14.6 Å². The molecule has 8 nitrogen and oxygen atoms in total. The van der Waals surface area contributed by atoms with Crippen molar-refractivity contribution in [1.82, 2.24) is 15.0 Å². The van der Waals surface area contributed by atoms with Crippen molar-refractivity contribution in [2.75, 3.05) is 44.6 Å². The molecule has 1 heterocycles. The highest BCUT2D eigenvalue weighted by Gasteiger charge is 2.12. The van der Waals surface area contributed by atoms with Crippen LogP contribution < -0.4 is 15.4 Å². The summed E-state index contributed by atoms with van der Waals surface area (Å²) in [7, 11) is 3.33. The van der Waals surface area contributed by atoms with Crippen molar-refractivity contribution in [3.8, 4) is 6.01 Å². The summed E-state index contributed by atoms with van der Waals surface area (Å²) in [5.41, 5.74) is 0. The second-order valence-electron chi connectivity index (χ2n) is 4.17. The molecule has 1 atom stereocenters. The SMILES string of the molecule is CCCOc1nc(NC)nc(NC(CCO)COC)n1. The average molecular weight is 285 g/mol. The van der Waals surface area contributed by atoms with Gasteiger partial charge in [-0.05, 0) is 12.8 Å². The number of methoxy groups -OCH3 is 1. The van der Waals surface area contributed by atoms with Gasteiger partial charge in [-0.25, -0.2) is 0 Å². The second kappa shape index (κ2) is 9.27. The minimum absolute atomic E-state index is 0.0597. The third kappa shape index (κ3) is 5.54. The van der Waals surface area contributed by atoms with Gasteiger partial charge in [-0.15, -0.1) is 0 Å². The Hall–Kier alpha value is -1.67. The highest BCUT2D eigenvalue weighted by atomic mass is 16.5. The molecule has 0 bridgehead atoms. The Kier molecular flexibility index (Phi) is 7.59. The van der Waals surface area contributed by atoms with Crippen LogP contribution in [0.3, 0.4) is 0 Å². The lowest BCUT2D eigenvalue weighted by atomic mass is 10.2. The van der Waals surface area contributed by atoms with Crippen molar-refractivity contribution < 1.29 is 14.6 Å². The quantitative estimate of drug-likeness (QED) is 0.571. The van der Waals surface area contributed by atoms with Crippen molar-refractivity contribution in [3.63, 3.8) is 0 Å². The van der Waals surface area contributed by atoms with E-state index in [1.807, 2.05) is 6.92 Å². The number of aliphatic hydroxyl groups excluding tert-OH is 1. The molecule has 0 spiro atoms. The topological polar surface area (TPSA) is 101 Å². The zero-order valence-electron chi connectivity index (χ0n) is 12.2. The van der Waals surface area contributed by atoms with Gasteiger partial charge in [0.1, 0.15) is 0 Å². The maximum absolute atomic E-state index is 9.03. The van der Waals surface area contributed by atoms with E-state index in [0.717, 1.165) is 6.42 Å². The first-order chi connectivity index (χ1) is 9.73. The van der Waals surface area contributed by atoms with Crippen LogP contribution in [-0.2, 0) is 4.74 Å². The predicted molar refractivity (Wildman–Crippen MR) is 76.1 cm³/mol. The molecule has 0 aromatic carbocycles. The summed E-state index contributed by atoms with van der Waals surface area (Å²) in [6.45, 7) is 3.07. The van der Waals surface area contributed by atoms with Gasteiger partial charge >= 0.3 is 6.01 Å². The molecule has 0 saturated heterocycles. The van der Waals surface area contributed by atoms with Crippen LogP contribution in [0, 0.1) is 0 Å². The molecule has 3 N–H and O–H groups in total. The third-order valence-corrected chi connectivity index (χ3v) is 2.45. The smallest absolute Gasteiger partial charge is 0.323 e. The van der Waals surface area contributed by atoms with Crippen molar-refractivity contribution in [3.05, 3.63) is 0 Å². The number of rotatable bonds is 10. The number of anilines is 2. The molecule has 0 aliphatic heterocycles. The molecule has 0 saturated carbocycles. The summed E-state index contributed by atoms with van der Waals surface area (Å²) in [5.74, 6) is 0.819. The fraction of sp³-hybridized carbons (Fsp3) is 0.750. The zero-order chi connectivity index (χ0) is 14.8. The molecule has 0 aliphatic rings. The standard InChI is InChI=1S/C12H23N5O3/c1-4-7-20-12-16-10(13-2)15-11(17-12)14-9(5-6-18)8-19-3/h9,18H,4-8H2,1-3H3,(H2,13,14,15,16,17). The van der Waals surface area contributed by atoms with Crippen LogP contribution in [0.15, 0.2) is 0 Å². The Labute approximate surface area is 118 Å². The first-order valence-corrected chi connectivity index (χ1v) is 6.66. The number of ether oxygens (including phenoxy) is 2. The lowest BCUT2D eigenvalue weighted by molar-refractivity contribution is 0.170. The van der Waals surface area contributed by atoms with E-state index in [1.54, 1.807) is 14.2 Å². The molecule has 114 valence electrons.